The maximum absolute atomic E-state index is 12.2. The maximum Gasteiger partial charge on any atom is 0.240 e. The van der Waals surface area contributed by atoms with Crippen LogP contribution in [0.15, 0.2) is 39.9 Å². The van der Waals surface area contributed by atoms with Crippen LogP contribution in [0, 0.1) is 6.92 Å². The first kappa shape index (κ1) is 17.0. The number of aryl methyl sites for hydroxylation is 1. The standard InChI is InChI=1S/C15H19NO4S2/c1-11-9-13(3-4-15(11)20-2)22(18,19)16-7-5-14(17)12-6-8-21-10-12/h3-4,6,8-10,14,16-17H,5,7H2,1-2H3/t14-/m0/s1. The van der Waals surface area contributed by atoms with E-state index in [1.807, 2.05) is 16.8 Å². The molecule has 0 unspecified atom stereocenters. The summed E-state index contributed by atoms with van der Waals surface area (Å²) in [4.78, 5) is 0.191. The summed E-state index contributed by atoms with van der Waals surface area (Å²) in [5, 5.41) is 13.7. The smallest absolute Gasteiger partial charge is 0.240 e. The van der Waals surface area contributed by atoms with Crippen molar-refractivity contribution < 1.29 is 18.3 Å². The molecule has 0 bridgehead atoms. The summed E-state index contributed by atoms with van der Waals surface area (Å²) < 4.78 is 32.1. The second kappa shape index (κ2) is 7.23. The molecule has 0 saturated carbocycles. The van der Waals surface area contributed by atoms with Gasteiger partial charge in [-0.05, 0) is 59.5 Å². The van der Waals surface area contributed by atoms with Gasteiger partial charge >= 0.3 is 0 Å². The number of thiophene rings is 1. The molecule has 1 aromatic carbocycles. The molecule has 2 rings (SSSR count). The van der Waals surface area contributed by atoms with Gasteiger partial charge in [-0.3, -0.25) is 0 Å². The van der Waals surface area contributed by atoms with E-state index >= 15 is 0 Å². The zero-order valence-electron chi connectivity index (χ0n) is 12.4. The van der Waals surface area contributed by atoms with Crippen LogP contribution in [0.25, 0.3) is 0 Å². The Balaban J connectivity index is 1.98. The average Bonchev–Trinajstić information content (AvgIpc) is 3.01. The quantitative estimate of drug-likeness (QED) is 0.811. The first-order valence-electron chi connectivity index (χ1n) is 6.78. The number of hydrogen-bond acceptors (Lipinski definition) is 5. The Morgan fingerprint density at radius 3 is 2.73 bits per heavy atom. The normalized spacial score (nSPS) is 13.0. The summed E-state index contributed by atoms with van der Waals surface area (Å²) in [6.45, 7) is 1.96. The molecule has 5 nitrogen and oxygen atoms in total. The zero-order chi connectivity index (χ0) is 16.2. The molecule has 0 aliphatic rings. The van der Waals surface area contributed by atoms with Crippen LogP contribution in [0.3, 0.4) is 0 Å². The van der Waals surface area contributed by atoms with Gasteiger partial charge in [0, 0.05) is 6.54 Å². The molecule has 0 amide bonds. The number of sulfonamides is 1. The van der Waals surface area contributed by atoms with Gasteiger partial charge in [-0.15, -0.1) is 0 Å². The van der Waals surface area contributed by atoms with Crippen LogP contribution >= 0.6 is 11.3 Å². The van der Waals surface area contributed by atoms with E-state index < -0.39 is 16.1 Å². The van der Waals surface area contributed by atoms with Crippen molar-refractivity contribution in [3.63, 3.8) is 0 Å². The van der Waals surface area contributed by atoms with E-state index in [0.29, 0.717) is 12.2 Å². The molecule has 0 aliphatic heterocycles. The fourth-order valence-electron chi connectivity index (χ4n) is 2.06. The van der Waals surface area contributed by atoms with Gasteiger partial charge in [-0.1, -0.05) is 0 Å². The van der Waals surface area contributed by atoms with Crippen molar-refractivity contribution in [2.24, 2.45) is 0 Å². The number of benzene rings is 1. The number of rotatable bonds is 7. The minimum atomic E-state index is -3.59. The Hall–Kier alpha value is -1.41. The Bertz CT molecular complexity index is 711. The molecule has 1 atom stereocenters. The van der Waals surface area contributed by atoms with Crippen LogP contribution in [0.5, 0.6) is 5.75 Å². The molecular formula is C15H19NO4S2. The topological polar surface area (TPSA) is 75.6 Å². The summed E-state index contributed by atoms with van der Waals surface area (Å²) in [7, 11) is -2.04. The summed E-state index contributed by atoms with van der Waals surface area (Å²) in [6, 6.07) is 6.53. The highest BCUT2D eigenvalue weighted by Crippen LogP contribution is 2.22. The second-order valence-electron chi connectivity index (χ2n) is 4.89. The summed E-state index contributed by atoms with van der Waals surface area (Å²) in [5.74, 6) is 0.645. The number of methoxy groups -OCH3 is 1. The van der Waals surface area contributed by atoms with Crippen LogP contribution in [0.1, 0.15) is 23.7 Å². The Morgan fingerprint density at radius 2 is 2.14 bits per heavy atom. The molecular weight excluding hydrogens is 322 g/mol. The van der Waals surface area contributed by atoms with E-state index in [0.717, 1.165) is 11.1 Å². The molecule has 1 aromatic heterocycles. The molecule has 120 valence electrons. The average molecular weight is 341 g/mol. The van der Waals surface area contributed by atoms with Crippen molar-refractivity contribution in [2.45, 2.75) is 24.3 Å². The molecule has 22 heavy (non-hydrogen) atoms. The molecule has 2 aromatic rings. The molecule has 7 heteroatoms. The van der Waals surface area contributed by atoms with Crippen molar-refractivity contribution in [2.75, 3.05) is 13.7 Å². The lowest BCUT2D eigenvalue weighted by atomic mass is 10.1. The van der Waals surface area contributed by atoms with Crippen molar-refractivity contribution in [1.82, 2.24) is 4.72 Å². The first-order valence-corrected chi connectivity index (χ1v) is 9.21. The van der Waals surface area contributed by atoms with E-state index in [4.69, 9.17) is 4.74 Å². The third-order valence-electron chi connectivity index (χ3n) is 3.31. The van der Waals surface area contributed by atoms with E-state index in [9.17, 15) is 13.5 Å². The minimum Gasteiger partial charge on any atom is -0.496 e. The van der Waals surface area contributed by atoms with Crippen molar-refractivity contribution >= 4 is 21.4 Å². The van der Waals surface area contributed by atoms with Gasteiger partial charge in [0.15, 0.2) is 0 Å². The lowest BCUT2D eigenvalue weighted by molar-refractivity contribution is 0.169. The number of aliphatic hydroxyl groups excluding tert-OH is 1. The molecule has 1 heterocycles. The van der Waals surface area contributed by atoms with Crippen LogP contribution in [-0.4, -0.2) is 27.2 Å². The van der Waals surface area contributed by atoms with Crippen LogP contribution in [0.4, 0.5) is 0 Å². The zero-order valence-corrected chi connectivity index (χ0v) is 14.1. The SMILES string of the molecule is COc1ccc(S(=O)(=O)NCC[C@H](O)c2ccsc2)cc1C. The predicted octanol–water partition coefficient (Wildman–Crippen LogP) is 2.47. The van der Waals surface area contributed by atoms with Crippen molar-refractivity contribution in [3.05, 3.63) is 46.2 Å². The maximum atomic E-state index is 12.2. The second-order valence-corrected chi connectivity index (χ2v) is 7.44. The highest BCUT2D eigenvalue weighted by molar-refractivity contribution is 7.89. The van der Waals surface area contributed by atoms with Gasteiger partial charge in [0.1, 0.15) is 5.75 Å². The Morgan fingerprint density at radius 1 is 1.36 bits per heavy atom. The number of aliphatic hydroxyl groups is 1. The monoisotopic (exact) mass is 341 g/mol. The predicted molar refractivity (Wildman–Crippen MR) is 86.8 cm³/mol. The van der Waals surface area contributed by atoms with E-state index in [1.54, 1.807) is 26.2 Å². The molecule has 0 spiro atoms. The summed E-state index contributed by atoms with van der Waals surface area (Å²) in [6.07, 6.45) is -0.336. The third kappa shape index (κ3) is 4.07. The van der Waals surface area contributed by atoms with E-state index in [1.165, 1.54) is 17.4 Å². The van der Waals surface area contributed by atoms with Gasteiger partial charge in [0.25, 0.3) is 0 Å². The van der Waals surface area contributed by atoms with Crippen LogP contribution in [0.2, 0.25) is 0 Å². The van der Waals surface area contributed by atoms with Crippen LogP contribution in [-0.2, 0) is 10.0 Å². The van der Waals surface area contributed by atoms with Crippen molar-refractivity contribution in [3.8, 4) is 5.75 Å². The number of nitrogens with one attached hydrogen (secondary N) is 1. The molecule has 0 fully saturated rings. The van der Waals surface area contributed by atoms with Gasteiger partial charge in [-0.2, -0.15) is 11.3 Å². The van der Waals surface area contributed by atoms with Gasteiger partial charge in [0.2, 0.25) is 10.0 Å². The highest BCUT2D eigenvalue weighted by atomic mass is 32.2. The van der Waals surface area contributed by atoms with Gasteiger partial charge in [-0.25, -0.2) is 13.1 Å². The number of ether oxygens (including phenoxy) is 1. The van der Waals surface area contributed by atoms with Gasteiger partial charge in [0.05, 0.1) is 18.1 Å². The lowest BCUT2D eigenvalue weighted by Gasteiger charge is -2.12. The fourth-order valence-corrected chi connectivity index (χ4v) is 3.90. The number of hydrogen-bond donors (Lipinski definition) is 2. The van der Waals surface area contributed by atoms with E-state index in [-0.39, 0.29) is 11.4 Å². The largest absolute Gasteiger partial charge is 0.496 e. The molecule has 0 saturated heterocycles. The Labute approximate surface area is 134 Å². The van der Waals surface area contributed by atoms with E-state index in [2.05, 4.69) is 4.72 Å². The minimum absolute atomic E-state index is 0.171. The third-order valence-corrected chi connectivity index (χ3v) is 5.47. The summed E-state index contributed by atoms with van der Waals surface area (Å²) in [5.41, 5.74) is 1.56. The van der Waals surface area contributed by atoms with Crippen molar-refractivity contribution in [1.29, 1.82) is 0 Å². The highest BCUT2D eigenvalue weighted by Gasteiger charge is 2.16. The van der Waals surface area contributed by atoms with Gasteiger partial charge < -0.3 is 9.84 Å². The Kier molecular flexibility index (Phi) is 5.57. The fraction of sp³-hybridized carbons (Fsp3) is 0.333. The lowest BCUT2D eigenvalue weighted by Crippen LogP contribution is -2.26. The molecule has 0 radical (unpaired) electrons. The summed E-state index contributed by atoms with van der Waals surface area (Å²) >= 11 is 1.50. The molecule has 2 N–H and O–H groups in total. The van der Waals surface area contributed by atoms with Crippen LogP contribution < -0.4 is 9.46 Å². The first-order chi connectivity index (χ1) is 10.4. The molecule has 0 aliphatic carbocycles.